The molecule has 0 heterocycles. The van der Waals surface area contributed by atoms with Crippen molar-refractivity contribution in [2.45, 2.75) is 251 Å². The lowest BCUT2D eigenvalue weighted by Gasteiger charge is -2.20. The average molecular weight is 894 g/mol. The zero-order valence-electron chi connectivity index (χ0n) is 40.6. The molecule has 3 N–H and O–H groups in total. The minimum atomic E-state index is -4.28. The van der Waals surface area contributed by atoms with Crippen LogP contribution < -0.4 is 5.73 Å². The van der Waals surface area contributed by atoms with Gasteiger partial charge in [0.2, 0.25) is 0 Å². The number of hydrogen-bond acceptors (Lipinski definition) is 7. The Morgan fingerprint density at radius 1 is 0.484 bits per heavy atom. The van der Waals surface area contributed by atoms with Gasteiger partial charge in [-0.3, -0.25) is 13.8 Å². The molecule has 0 radical (unpaired) electrons. The maximum absolute atomic E-state index is 12.7. The normalized spacial score (nSPS) is 13.7. The highest BCUT2D eigenvalue weighted by Gasteiger charge is 2.25. The second kappa shape index (κ2) is 50.5. The Morgan fingerprint density at radius 3 is 1.29 bits per heavy atom. The topological polar surface area (TPSA) is 117 Å². The highest BCUT2D eigenvalue weighted by atomic mass is 31.2. The molecule has 62 heavy (non-hydrogen) atoms. The molecule has 9 heteroatoms. The molecule has 0 aliphatic rings. The number of phosphoric ester groups is 1. The molecule has 0 aliphatic heterocycles. The molecule has 0 aliphatic carbocycles. The summed E-state index contributed by atoms with van der Waals surface area (Å²) in [5.41, 5.74) is 5.39. The van der Waals surface area contributed by atoms with Gasteiger partial charge >= 0.3 is 13.8 Å². The molecule has 0 amide bonds. The Labute approximate surface area is 383 Å². The molecule has 2 atom stereocenters. The van der Waals surface area contributed by atoms with Crippen molar-refractivity contribution >= 4 is 13.8 Å². The number of ether oxygens (including phenoxy) is 2. The number of phosphoric acid groups is 1. The third-order valence-electron chi connectivity index (χ3n) is 11.2. The fourth-order valence-electron chi connectivity index (χ4n) is 7.35. The van der Waals surface area contributed by atoms with Crippen molar-refractivity contribution in [2.75, 3.05) is 33.0 Å². The number of esters is 1. The first-order valence-corrected chi connectivity index (χ1v) is 27.6. The van der Waals surface area contributed by atoms with Crippen LogP contribution in [0.15, 0.2) is 48.6 Å². The Bertz CT molecular complexity index is 1090. The first-order valence-electron chi connectivity index (χ1n) is 26.1. The van der Waals surface area contributed by atoms with Crippen LogP contribution in [0.4, 0.5) is 0 Å². The van der Waals surface area contributed by atoms with E-state index in [2.05, 4.69) is 62.5 Å². The lowest BCUT2D eigenvalue weighted by Crippen LogP contribution is -2.28. The van der Waals surface area contributed by atoms with Crippen LogP contribution in [0.25, 0.3) is 0 Å². The predicted molar refractivity (Wildman–Crippen MR) is 266 cm³/mol. The van der Waals surface area contributed by atoms with Gasteiger partial charge < -0.3 is 20.1 Å². The highest BCUT2D eigenvalue weighted by Crippen LogP contribution is 2.43. The van der Waals surface area contributed by atoms with Gasteiger partial charge in [0.25, 0.3) is 0 Å². The van der Waals surface area contributed by atoms with E-state index in [-0.39, 0.29) is 32.3 Å². The SMILES string of the molecule is CCCCC/C=C\C/C=C\CCCCCCCCCCCC(=O)OC(COCCCCCCCCCCCCCC/C=C\C/C=C\CCCCCCC)COP(=O)(O)OCCN. The molecular formula is C53H100NO7P. The molecule has 0 aromatic heterocycles. The van der Waals surface area contributed by atoms with Gasteiger partial charge in [-0.15, -0.1) is 0 Å². The smallest absolute Gasteiger partial charge is 0.457 e. The van der Waals surface area contributed by atoms with Crippen molar-refractivity contribution in [2.24, 2.45) is 5.73 Å². The molecule has 0 aromatic carbocycles. The van der Waals surface area contributed by atoms with Crippen LogP contribution in [0.5, 0.6) is 0 Å². The Balaban J connectivity index is 3.92. The lowest BCUT2D eigenvalue weighted by molar-refractivity contribution is -0.154. The summed E-state index contributed by atoms with van der Waals surface area (Å²) in [6.07, 6.45) is 61.4. The summed E-state index contributed by atoms with van der Waals surface area (Å²) < 4.78 is 33.6. The first-order chi connectivity index (χ1) is 30.4. The summed E-state index contributed by atoms with van der Waals surface area (Å²) in [5.74, 6) is -0.333. The fourth-order valence-corrected chi connectivity index (χ4v) is 8.12. The van der Waals surface area contributed by atoms with E-state index in [1.807, 2.05) is 0 Å². The van der Waals surface area contributed by atoms with Gasteiger partial charge in [-0.05, 0) is 77.0 Å². The quantitative estimate of drug-likeness (QED) is 0.0268. The highest BCUT2D eigenvalue weighted by molar-refractivity contribution is 7.47. The molecule has 8 nitrogen and oxygen atoms in total. The minimum absolute atomic E-state index is 0.0970. The largest absolute Gasteiger partial charge is 0.472 e. The number of unbranched alkanes of at least 4 members (excludes halogenated alkanes) is 29. The molecular weight excluding hydrogens is 794 g/mol. The van der Waals surface area contributed by atoms with E-state index in [4.69, 9.17) is 24.3 Å². The molecule has 0 fully saturated rings. The molecule has 0 saturated heterocycles. The second-order valence-electron chi connectivity index (χ2n) is 17.4. The summed E-state index contributed by atoms with van der Waals surface area (Å²) in [7, 11) is -4.28. The maximum Gasteiger partial charge on any atom is 0.472 e. The van der Waals surface area contributed by atoms with Crippen molar-refractivity contribution in [3.63, 3.8) is 0 Å². The van der Waals surface area contributed by atoms with Crippen molar-refractivity contribution in [1.82, 2.24) is 0 Å². The number of nitrogens with two attached hydrogens (primary N) is 1. The summed E-state index contributed by atoms with van der Waals surface area (Å²) in [6.45, 7) is 4.91. The van der Waals surface area contributed by atoms with Crippen LogP contribution in [0.3, 0.4) is 0 Å². The third kappa shape index (κ3) is 49.5. The molecule has 0 bridgehead atoms. The minimum Gasteiger partial charge on any atom is -0.457 e. The van der Waals surface area contributed by atoms with Crippen molar-refractivity contribution < 1.29 is 32.8 Å². The van der Waals surface area contributed by atoms with Crippen molar-refractivity contribution in [3.8, 4) is 0 Å². The average Bonchev–Trinajstić information content (AvgIpc) is 3.26. The van der Waals surface area contributed by atoms with Crippen LogP contribution in [0, 0.1) is 0 Å². The first kappa shape index (κ1) is 60.5. The second-order valence-corrected chi connectivity index (χ2v) is 18.8. The standard InChI is InChI=1S/C53H100NO7P/c1-3-5-7-9-11-13-15-17-19-21-23-24-25-26-27-29-31-33-35-37-39-41-43-45-48-58-50-52(51-60-62(56,57)59-49-47-54)61-53(55)46-44-42-40-38-36-34-32-30-28-22-20-18-16-14-12-10-8-6-4-2/h12,14-15,17-18,20-21,23,52H,3-11,13,16,19,22,24-51,54H2,1-2H3,(H,56,57)/b14-12-,17-15-,20-18-,23-21-. The Morgan fingerprint density at radius 2 is 0.855 bits per heavy atom. The maximum atomic E-state index is 12.7. The summed E-state index contributed by atoms with van der Waals surface area (Å²) in [4.78, 5) is 22.6. The third-order valence-corrected chi connectivity index (χ3v) is 12.2. The molecule has 0 rings (SSSR count). The molecule has 0 saturated carbocycles. The van der Waals surface area contributed by atoms with Gasteiger partial charge in [0.1, 0.15) is 6.10 Å². The number of carbonyl (C=O) groups excluding carboxylic acids is 1. The van der Waals surface area contributed by atoms with Crippen LogP contribution >= 0.6 is 7.82 Å². The zero-order chi connectivity index (χ0) is 45.1. The number of hydrogen-bond donors (Lipinski definition) is 2. The summed E-state index contributed by atoms with van der Waals surface area (Å²) in [5, 5.41) is 0. The number of rotatable bonds is 50. The van der Waals surface area contributed by atoms with Crippen molar-refractivity contribution in [3.05, 3.63) is 48.6 Å². The van der Waals surface area contributed by atoms with E-state index < -0.39 is 13.9 Å². The molecule has 0 aromatic rings. The van der Waals surface area contributed by atoms with E-state index in [0.29, 0.717) is 13.0 Å². The monoisotopic (exact) mass is 894 g/mol. The number of allylic oxidation sites excluding steroid dienone is 8. The van der Waals surface area contributed by atoms with Crippen LogP contribution in [0.2, 0.25) is 0 Å². The van der Waals surface area contributed by atoms with Gasteiger partial charge in [0, 0.05) is 19.6 Å². The van der Waals surface area contributed by atoms with Gasteiger partial charge in [0.15, 0.2) is 0 Å². The number of carbonyl (C=O) groups is 1. The van der Waals surface area contributed by atoms with E-state index in [1.54, 1.807) is 0 Å². The Kier molecular flexibility index (Phi) is 49.2. The van der Waals surface area contributed by atoms with E-state index in [0.717, 1.165) is 44.9 Å². The van der Waals surface area contributed by atoms with Gasteiger partial charge in [-0.25, -0.2) is 4.57 Å². The summed E-state index contributed by atoms with van der Waals surface area (Å²) >= 11 is 0. The van der Waals surface area contributed by atoms with Crippen LogP contribution in [-0.2, 0) is 27.9 Å². The zero-order valence-corrected chi connectivity index (χ0v) is 41.5. The van der Waals surface area contributed by atoms with Gasteiger partial charge in [-0.2, -0.15) is 0 Å². The van der Waals surface area contributed by atoms with Gasteiger partial charge in [0.05, 0.1) is 19.8 Å². The predicted octanol–water partition coefficient (Wildman–Crippen LogP) is 16.3. The lowest BCUT2D eigenvalue weighted by atomic mass is 10.0. The van der Waals surface area contributed by atoms with Crippen LogP contribution in [0.1, 0.15) is 245 Å². The van der Waals surface area contributed by atoms with E-state index in [9.17, 15) is 14.3 Å². The van der Waals surface area contributed by atoms with Crippen molar-refractivity contribution in [1.29, 1.82) is 0 Å². The summed E-state index contributed by atoms with van der Waals surface area (Å²) in [6, 6.07) is 0. The Hall–Kier alpha value is -1.54. The van der Waals surface area contributed by atoms with Crippen LogP contribution in [-0.4, -0.2) is 49.9 Å². The van der Waals surface area contributed by atoms with E-state index >= 15 is 0 Å². The molecule has 364 valence electrons. The van der Waals surface area contributed by atoms with Gasteiger partial charge in [-0.1, -0.05) is 210 Å². The fraction of sp³-hybridized carbons (Fsp3) is 0.830. The van der Waals surface area contributed by atoms with E-state index in [1.165, 1.54) is 180 Å². The molecule has 0 spiro atoms. The molecule has 2 unspecified atom stereocenters.